The van der Waals surface area contributed by atoms with Crippen molar-refractivity contribution >= 4 is 10.0 Å². The Morgan fingerprint density at radius 3 is 2.61 bits per heavy atom. The minimum absolute atomic E-state index is 0.0511. The molecule has 0 aliphatic heterocycles. The average molecular weight is 271 g/mol. The van der Waals surface area contributed by atoms with Crippen LogP contribution in [-0.4, -0.2) is 19.9 Å². The number of hydrogen-bond donors (Lipinski definition) is 2. The Bertz CT molecular complexity index is 443. The Balaban J connectivity index is 2.51. The number of nitrogens with two attached hydrogens (primary N) is 1. The number of aromatic nitrogens is 1. The maximum Gasteiger partial charge on any atom is 0.258 e. The third-order valence-corrected chi connectivity index (χ3v) is 4.01. The standard InChI is InChI=1S/C12H21N3O2S/c1-2-3-4-5-8-15-18(16,17)12-7-6-11(9-13)10-14-12/h6-7,10,15H,2-5,8-9,13H2,1H3. The summed E-state index contributed by atoms with van der Waals surface area (Å²) in [4.78, 5) is 3.91. The predicted octanol–water partition coefficient (Wildman–Crippen LogP) is 1.40. The molecule has 0 aliphatic carbocycles. The molecule has 0 amide bonds. The lowest BCUT2D eigenvalue weighted by Crippen LogP contribution is -2.25. The summed E-state index contributed by atoms with van der Waals surface area (Å²) < 4.78 is 26.3. The van der Waals surface area contributed by atoms with Crippen LogP contribution in [0.2, 0.25) is 0 Å². The van der Waals surface area contributed by atoms with Gasteiger partial charge in [-0.15, -0.1) is 0 Å². The van der Waals surface area contributed by atoms with E-state index in [1.807, 2.05) is 0 Å². The van der Waals surface area contributed by atoms with Crippen LogP contribution in [0.4, 0.5) is 0 Å². The van der Waals surface area contributed by atoms with Crippen molar-refractivity contribution in [1.82, 2.24) is 9.71 Å². The first kappa shape index (κ1) is 15.1. The van der Waals surface area contributed by atoms with Crippen LogP contribution in [-0.2, 0) is 16.6 Å². The van der Waals surface area contributed by atoms with E-state index in [2.05, 4.69) is 16.6 Å². The highest BCUT2D eigenvalue weighted by Gasteiger charge is 2.14. The van der Waals surface area contributed by atoms with Crippen molar-refractivity contribution in [3.63, 3.8) is 0 Å². The first-order chi connectivity index (χ1) is 8.60. The van der Waals surface area contributed by atoms with Crippen molar-refractivity contribution in [2.24, 2.45) is 5.73 Å². The first-order valence-corrected chi connectivity index (χ1v) is 7.73. The molecule has 1 aromatic rings. The molecule has 0 aromatic carbocycles. The fourth-order valence-corrected chi connectivity index (χ4v) is 2.52. The zero-order valence-electron chi connectivity index (χ0n) is 10.7. The van der Waals surface area contributed by atoms with E-state index in [0.717, 1.165) is 31.2 Å². The number of sulfonamides is 1. The Morgan fingerprint density at radius 2 is 2.06 bits per heavy atom. The van der Waals surface area contributed by atoms with Crippen LogP contribution >= 0.6 is 0 Å². The monoisotopic (exact) mass is 271 g/mol. The highest BCUT2D eigenvalue weighted by Crippen LogP contribution is 2.06. The molecule has 0 saturated carbocycles. The predicted molar refractivity (Wildman–Crippen MR) is 71.5 cm³/mol. The van der Waals surface area contributed by atoms with Gasteiger partial charge in [0.25, 0.3) is 10.0 Å². The van der Waals surface area contributed by atoms with Crippen molar-refractivity contribution in [2.45, 2.75) is 44.2 Å². The van der Waals surface area contributed by atoms with Gasteiger partial charge in [-0.05, 0) is 18.1 Å². The molecule has 3 N–H and O–H groups in total. The second-order valence-corrected chi connectivity index (χ2v) is 5.88. The molecule has 6 heteroatoms. The van der Waals surface area contributed by atoms with Gasteiger partial charge in [0.05, 0.1) is 0 Å². The fraction of sp³-hybridized carbons (Fsp3) is 0.583. The lowest BCUT2D eigenvalue weighted by molar-refractivity contribution is 0.570. The van der Waals surface area contributed by atoms with Gasteiger partial charge in [0.2, 0.25) is 0 Å². The van der Waals surface area contributed by atoms with E-state index >= 15 is 0 Å². The van der Waals surface area contributed by atoms with Crippen molar-refractivity contribution in [2.75, 3.05) is 6.54 Å². The molecule has 0 fully saturated rings. The van der Waals surface area contributed by atoms with Gasteiger partial charge in [0.1, 0.15) is 0 Å². The van der Waals surface area contributed by atoms with E-state index in [1.54, 1.807) is 6.07 Å². The summed E-state index contributed by atoms with van der Waals surface area (Å²) in [5.74, 6) is 0. The summed E-state index contributed by atoms with van der Waals surface area (Å²) in [7, 11) is -3.47. The topological polar surface area (TPSA) is 85.1 Å². The molecule has 0 atom stereocenters. The van der Waals surface area contributed by atoms with Crippen LogP contribution in [0.15, 0.2) is 23.4 Å². The van der Waals surface area contributed by atoms with Gasteiger partial charge in [-0.1, -0.05) is 32.3 Å². The maximum absolute atomic E-state index is 11.9. The molecule has 1 aromatic heterocycles. The van der Waals surface area contributed by atoms with Crippen molar-refractivity contribution in [3.8, 4) is 0 Å². The van der Waals surface area contributed by atoms with Crippen LogP contribution in [0.25, 0.3) is 0 Å². The van der Waals surface area contributed by atoms with E-state index in [9.17, 15) is 8.42 Å². The Kier molecular flexibility index (Phi) is 6.24. The van der Waals surface area contributed by atoms with E-state index in [4.69, 9.17) is 5.73 Å². The van der Waals surface area contributed by atoms with Gasteiger partial charge in [-0.2, -0.15) is 0 Å². The number of pyridine rings is 1. The van der Waals surface area contributed by atoms with Crippen LogP contribution in [0.3, 0.4) is 0 Å². The number of rotatable bonds is 8. The van der Waals surface area contributed by atoms with E-state index in [-0.39, 0.29) is 5.03 Å². The second kappa shape index (κ2) is 7.45. The minimum atomic E-state index is -3.47. The third kappa shape index (κ3) is 4.72. The molecule has 0 spiro atoms. The van der Waals surface area contributed by atoms with Crippen molar-refractivity contribution in [3.05, 3.63) is 23.9 Å². The Morgan fingerprint density at radius 1 is 1.28 bits per heavy atom. The quantitative estimate of drug-likeness (QED) is 0.700. The summed E-state index contributed by atoms with van der Waals surface area (Å²) in [6.45, 7) is 2.94. The zero-order valence-corrected chi connectivity index (χ0v) is 11.5. The number of hydrogen-bond acceptors (Lipinski definition) is 4. The van der Waals surface area contributed by atoms with Gasteiger partial charge >= 0.3 is 0 Å². The number of unbranched alkanes of at least 4 members (excludes halogenated alkanes) is 3. The van der Waals surface area contributed by atoms with Gasteiger partial charge in [0.15, 0.2) is 5.03 Å². The highest BCUT2D eigenvalue weighted by atomic mass is 32.2. The van der Waals surface area contributed by atoms with Crippen molar-refractivity contribution in [1.29, 1.82) is 0 Å². The minimum Gasteiger partial charge on any atom is -0.326 e. The molecule has 102 valence electrons. The summed E-state index contributed by atoms with van der Waals surface area (Å²) in [6.07, 6.45) is 5.65. The lowest BCUT2D eigenvalue weighted by atomic mass is 10.2. The number of nitrogens with zero attached hydrogens (tertiary/aromatic N) is 1. The molecule has 0 unspecified atom stereocenters. The smallest absolute Gasteiger partial charge is 0.258 e. The highest BCUT2D eigenvalue weighted by molar-refractivity contribution is 7.89. The average Bonchev–Trinajstić information content (AvgIpc) is 2.38. The van der Waals surface area contributed by atoms with Crippen LogP contribution in [0, 0.1) is 0 Å². The normalized spacial score (nSPS) is 11.7. The second-order valence-electron chi connectivity index (χ2n) is 4.17. The van der Waals surface area contributed by atoms with Gasteiger partial charge < -0.3 is 5.73 Å². The molecule has 0 bridgehead atoms. The van der Waals surface area contributed by atoms with E-state index in [1.165, 1.54) is 12.3 Å². The molecule has 1 rings (SSSR count). The van der Waals surface area contributed by atoms with E-state index in [0.29, 0.717) is 13.1 Å². The largest absolute Gasteiger partial charge is 0.326 e. The number of nitrogens with one attached hydrogen (secondary N) is 1. The fourth-order valence-electron chi connectivity index (χ4n) is 1.52. The molecule has 0 saturated heterocycles. The first-order valence-electron chi connectivity index (χ1n) is 6.25. The van der Waals surface area contributed by atoms with Gasteiger partial charge in [-0.3, -0.25) is 0 Å². The van der Waals surface area contributed by atoms with Crippen LogP contribution in [0.1, 0.15) is 38.2 Å². The molecule has 5 nitrogen and oxygen atoms in total. The lowest BCUT2D eigenvalue weighted by Gasteiger charge is -2.06. The van der Waals surface area contributed by atoms with Crippen molar-refractivity contribution < 1.29 is 8.42 Å². The molecular weight excluding hydrogens is 250 g/mol. The summed E-state index contributed by atoms with van der Waals surface area (Å²) in [6, 6.07) is 3.16. The van der Waals surface area contributed by atoms with Crippen LogP contribution < -0.4 is 10.5 Å². The summed E-state index contributed by atoms with van der Waals surface area (Å²) >= 11 is 0. The summed E-state index contributed by atoms with van der Waals surface area (Å²) in [5, 5.41) is 0.0511. The molecular formula is C12H21N3O2S. The maximum atomic E-state index is 11.9. The van der Waals surface area contributed by atoms with Crippen LogP contribution in [0.5, 0.6) is 0 Å². The molecule has 18 heavy (non-hydrogen) atoms. The zero-order chi connectivity index (χ0) is 13.4. The Hall–Kier alpha value is -0.980. The summed E-state index contributed by atoms with van der Waals surface area (Å²) in [5.41, 5.74) is 6.25. The van der Waals surface area contributed by atoms with Gasteiger partial charge in [-0.25, -0.2) is 18.1 Å². The molecule has 1 heterocycles. The van der Waals surface area contributed by atoms with Gasteiger partial charge in [0, 0.05) is 19.3 Å². The SMILES string of the molecule is CCCCCCNS(=O)(=O)c1ccc(CN)cn1. The third-order valence-electron chi connectivity index (χ3n) is 2.63. The Labute approximate surface area is 109 Å². The molecule has 0 aliphatic rings. The van der Waals surface area contributed by atoms with E-state index < -0.39 is 10.0 Å². The molecule has 0 radical (unpaired) electrons.